The molecule has 0 fully saturated rings. The number of para-hydroxylation sites is 1. The molecule has 0 N–H and O–H groups in total. The average molecular weight is 702 g/mol. The zero-order valence-electron chi connectivity index (χ0n) is 32.9. The molecule has 7 heteroatoms. The van der Waals surface area contributed by atoms with Crippen LogP contribution in [0.15, 0.2) is 104 Å². The van der Waals surface area contributed by atoms with Crippen LogP contribution in [-0.2, 0) is 21.7 Å². The Balaban J connectivity index is 1.14. The van der Waals surface area contributed by atoms with Crippen molar-refractivity contribution in [2.75, 3.05) is 0 Å². The number of benzene rings is 3. The fourth-order valence-electron chi connectivity index (χ4n) is 6.83. The van der Waals surface area contributed by atoms with Gasteiger partial charge in [-0.05, 0) is 75.1 Å². The van der Waals surface area contributed by atoms with Gasteiger partial charge in [0.1, 0.15) is 5.82 Å². The van der Waals surface area contributed by atoms with E-state index in [1.807, 2.05) is 37.2 Å². The number of hydrogen-bond donors (Lipinski definition) is 0. The van der Waals surface area contributed by atoms with Crippen molar-refractivity contribution < 1.29 is 0 Å². The fourth-order valence-corrected chi connectivity index (χ4v) is 6.83. The molecule has 7 nitrogen and oxygen atoms in total. The molecule has 4 aromatic heterocycles. The lowest BCUT2D eigenvalue weighted by Crippen LogP contribution is -2.25. The number of aromatic nitrogens is 7. The topological polar surface area (TPSA) is 82.3 Å². The zero-order chi connectivity index (χ0) is 37.8. The maximum absolute atomic E-state index is 4.89. The number of hydrogen-bond acceptors (Lipinski definition) is 6. The van der Waals surface area contributed by atoms with Gasteiger partial charge in [0.15, 0.2) is 5.82 Å². The summed E-state index contributed by atoms with van der Waals surface area (Å²) in [4.78, 5) is 28.9. The Morgan fingerprint density at radius 2 is 0.981 bits per heavy atom. The van der Waals surface area contributed by atoms with Crippen LogP contribution >= 0.6 is 0 Å². The quantitative estimate of drug-likeness (QED) is 0.157. The highest BCUT2D eigenvalue weighted by Crippen LogP contribution is 2.37. The Hall–Kier alpha value is -5.30. The predicted octanol–water partition coefficient (Wildman–Crippen LogP) is 11.1. The minimum atomic E-state index is -0.103. The van der Waals surface area contributed by atoms with Gasteiger partial charge in [0, 0.05) is 58.9 Å². The zero-order valence-corrected chi connectivity index (χ0v) is 32.9. The smallest absolute Gasteiger partial charge is 0.234 e. The van der Waals surface area contributed by atoms with Gasteiger partial charge >= 0.3 is 0 Å². The molecular formula is C46H51N7. The van der Waals surface area contributed by atoms with Crippen LogP contribution in [0.3, 0.4) is 0 Å². The van der Waals surface area contributed by atoms with E-state index in [-0.39, 0.29) is 21.7 Å². The molecule has 0 bridgehead atoms. The molecule has 4 heterocycles. The van der Waals surface area contributed by atoms with Gasteiger partial charge in [-0.1, -0.05) is 118 Å². The van der Waals surface area contributed by atoms with Gasteiger partial charge < -0.3 is 0 Å². The van der Waals surface area contributed by atoms with Gasteiger partial charge in [0.2, 0.25) is 5.95 Å². The molecule has 0 amide bonds. The normalized spacial score (nSPS) is 12.9. The lowest BCUT2D eigenvalue weighted by molar-refractivity contribution is 0.371. The number of rotatable bonds is 8. The standard InChI is InChI=1S/C46H51N7/c1-43(2,3)33-24-51-42(52-25-33)53-38-17-12-11-16-36(38)37-19-18-31(23-39(37)53)30-14-13-15-32(22-30)40-47-26-34(27-48-40)45(7,8)20-21-46(9,10)35-28-49-41(50-29-35)44(4,5)6/h11-19,22-29H,20-21H2,1-10H3. The van der Waals surface area contributed by atoms with Crippen LogP contribution in [0, 0.1) is 0 Å². The monoisotopic (exact) mass is 701 g/mol. The lowest BCUT2D eigenvalue weighted by Gasteiger charge is -2.31. The molecule has 0 aliphatic rings. The fraction of sp³-hybridized carbons (Fsp3) is 0.348. The van der Waals surface area contributed by atoms with E-state index in [2.05, 4.69) is 141 Å². The van der Waals surface area contributed by atoms with E-state index in [1.165, 1.54) is 10.8 Å². The molecule has 7 aromatic rings. The Labute approximate surface area is 314 Å². The Morgan fingerprint density at radius 3 is 1.58 bits per heavy atom. The van der Waals surface area contributed by atoms with Crippen LogP contribution in [0.5, 0.6) is 0 Å². The van der Waals surface area contributed by atoms with E-state index in [4.69, 9.17) is 29.9 Å². The molecular weight excluding hydrogens is 651 g/mol. The third kappa shape index (κ3) is 7.22. The summed E-state index contributed by atoms with van der Waals surface area (Å²) in [6.07, 6.45) is 13.9. The first-order valence-electron chi connectivity index (χ1n) is 18.6. The molecule has 3 aromatic carbocycles. The van der Waals surface area contributed by atoms with Gasteiger partial charge in [-0.25, -0.2) is 29.9 Å². The molecule has 0 aliphatic heterocycles. The maximum atomic E-state index is 4.89. The first-order valence-corrected chi connectivity index (χ1v) is 18.6. The predicted molar refractivity (Wildman–Crippen MR) is 218 cm³/mol. The van der Waals surface area contributed by atoms with Crippen molar-refractivity contribution >= 4 is 21.8 Å². The second-order valence-electron chi connectivity index (χ2n) is 17.8. The summed E-state index contributed by atoms with van der Waals surface area (Å²) in [7, 11) is 0. The summed E-state index contributed by atoms with van der Waals surface area (Å²) in [5, 5.41) is 2.34. The highest BCUT2D eigenvalue weighted by atomic mass is 15.1. The highest BCUT2D eigenvalue weighted by Gasteiger charge is 2.29. The van der Waals surface area contributed by atoms with E-state index in [9.17, 15) is 0 Å². The van der Waals surface area contributed by atoms with Crippen molar-refractivity contribution in [3.63, 3.8) is 0 Å². The first-order chi connectivity index (χ1) is 25.0. The van der Waals surface area contributed by atoms with E-state index in [0.29, 0.717) is 11.8 Å². The third-order valence-electron chi connectivity index (χ3n) is 10.7. The number of fused-ring (bicyclic) bond motifs is 3. The second-order valence-corrected chi connectivity index (χ2v) is 17.8. The molecule has 0 aliphatic carbocycles. The van der Waals surface area contributed by atoms with Crippen molar-refractivity contribution in [1.29, 1.82) is 0 Å². The molecule has 0 saturated heterocycles. The van der Waals surface area contributed by atoms with Crippen molar-refractivity contribution in [3.05, 3.63) is 126 Å². The Bertz CT molecular complexity index is 2390. The van der Waals surface area contributed by atoms with Gasteiger partial charge in [-0.15, -0.1) is 0 Å². The maximum Gasteiger partial charge on any atom is 0.234 e. The summed E-state index contributed by atoms with van der Waals surface area (Å²) in [5.74, 6) is 2.25. The summed E-state index contributed by atoms with van der Waals surface area (Å²) >= 11 is 0. The average Bonchev–Trinajstić information content (AvgIpc) is 3.47. The molecule has 0 atom stereocenters. The van der Waals surface area contributed by atoms with Crippen LogP contribution in [0.1, 0.15) is 105 Å². The molecule has 0 spiro atoms. The Morgan fingerprint density at radius 1 is 0.453 bits per heavy atom. The Kier molecular flexibility index (Phi) is 9.04. The molecule has 0 saturated carbocycles. The minimum absolute atomic E-state index is 0.0229. The largest absolute Gasteiger partial charge is 0.278 e. The van der Waals surface area contributed by atoms with Gasteiger partial charge in [-0.2, -0.15) is 0 Å². The second kappa shape index (κ2) is 13.3. The number of nitrogens with zero attached hydrogens (tertiary/aromatic N) is 7. The van der Waals surface area contributed by atoms with E-state index in [0.717, 1.165) is 63.1 Å². The van der Waals surface area contributed by atoms with Crippen molar-refractivity contribution in [2.24, 2.45) is 0 Å². The van der Waals surface area contributed by atoms with Crippen LogP contribution in [0.4, 0.5) is 0 Å². The molecule has 0 radical (unpaired) electrons. The van der Waals surface area contributed by atoms with Crippen molar-refractivity contribution in [3.8, 4) is 28.5 Å². The van der Waals surface area contributed by atoms with Gasteiger partial charge in [0.25, 0.3) is 0 Å². The van der Waals surface area contributed by atoms with Crippen LogP contribution < -0.4 is 0 Å². The molecule has 270 valence electrons. The van der Waals surface area contributed by atoms with Crippen LogP contribution in [0.2, 0.25) is 0 Å². The molecule has 0 unspecified atom stereocenters. The van der Waals surface area contributed by atoms with E-state index in [1.54, 1.807) is 0 Å². The lowest BCUT2D eigenvalue weighted by atomic mass is 9.74. The van der Waals surface area contributed by atoms with E-state index < -0.39 is 0 Å². The molecule has 53 heavy (non-hydrogen) atoms. The van der Waals surface area contributed by atoms with Crippen molar-refractivity contribution in [1.82, 2.24) is 34.5 Å². The first kappa shape index (κ1) is 36.1. The SMILES string of the molecule is CC(C)(C)c1cnc(-n2c3ccccc3c3ccc(-c4cccc(-c5ncc(C(C)(C)CCC(C)(C)c6cnc(C(C)(C)C)nc6)cn5)c4)cc32)nc1. The highest BCUT2D eigenvalue weighted by molar-refractivity contribution is 6.10. The van der Waals surface area contributed by atoms with Gasteiger partial charge in [0.05, 0.1) is 11.0 Å². The minimum Gasteiger partial charge on any atom is -0.278 e. The summed E-state index contributed by atoms with van der Waals surface area (Å²) in [6.45, 7) is 22.1. The van der Waals surface area contributed by atoms with Crippen LogP contribution in [-0.4, -0.2) is 34.5 Å². The summed E-state index contributed by atoms with van der Waals surface area (Å²) in [5.41, 5.74) is 8.48. The van der Waals surface area contributed by atoms with Crippen LogP contribution in [0.25, 0.3) is 50.3 Å². The van der Waals surface area contributed by atoms with E-state index >= 15 is 0 Å². The molecule has 7 rings (SSSR count). The van der Waals surface area contributed by atoms with Gasteiger partial charge in [-0.3, -0.25) is 4.57 Å². The summed E-state index contributed by atoms with van der Waals surface area (Å²) < 4.78 is 2.17. The van der Waals surface area contributed by atoms with Crippen molar-refractivity contribution in [2.45, 2.75) is 104 Å². The third-order valence-corrected chi connectivity index (χ3v) is 10.7. The summed E-state index contributed by atoms with van der Waals surface area (Å²) in [6, 6.07) is 23.6.